The Balaban J connectivity index is 0.00000261. The molecule has 3 rings (SSSR count). The lowest BCUT2D eigenvalue weighted by molar-refractivity contribution is 0.0787. The molecule has 1 fully saturated rings. The highest BCUT2D eigenvalue weighted by molar-refractivity contribution is 7.92. The van der Waals surface area contributed by atoms with Crippen LogP contribution in [-0.4, -0.2) is 38.9 Å². The Bertz CT molecular complexity index is 883. The van der Waals surface area contributed by atoms with Crippen LogP contribution in [0.25, 0.3) is 0 Å². The summed E-state index contributed by atoms with van der Waals surface area (Å²) < 4.78 is 27.5. The van der Waals surface area contributed by atoms with E-state index >= 15 is 0 Å². The molecule has 8 heteroatoms. The van der Waals surface area contributed by atoms with Crippen LogP contribution in [0.2, 0.25) is 0 Å². The van der Waals surface area contributed by atoms with Gasteiger partial charge in [-0.15, -0.1) is 12.4 Å². The van der Waals surface area contributed by atoms with E-state index < -0.39 is 10.0 Å². The summed E-state index contributed by atoms with van der Waals surface area (Å²) in [6.07, 6.45) is 0.912. The molecular formula is C19H24ClN3O3S. The maximum atomic E-state index is 12.5. The van der Waals surface area contributed by atoms with Gasteiger partial charge >= 0.3 is 0 Å². The molecule has 0 bridgehead atoms. The molecule has 1 aliphatic heterocycles. The second kappa shape index (κ2) is 8.73. The van der Waals surface area contributed by atoms with Crippen LogP contribution in [0.5, 0.6) is 0 Å². The van der Waals surface area contributed by atoms with Crippen LogP contribution >= 0.6 is 12.4 Å². The van der Waals surface area contributed by atoms with Crippen molar-refractivity contribution >= 4 is 34.0 Å². The minimum absolute atomic E-state index is 0. The van der Waals surface area contributed by atoms with Crippen LogP contribution in [0.1, 0.15) is 22.3 Å². The Morgan fingerprint density at radius 2 is 1.78 bits per heavy atom. The van der Waals surface area contributed by atoms with E-state index in [0.717, 1.165) is 12.0 Å². The molecule has 1 heterocycles. The Morgan fingerprint density at radius 3 is 2.33 bits per heavy atom. The predicted molar refractivity (Wildman–Crippen MR) is 109 cm³/mol. The number of nitrogens with zero attached hydrogens (tertiary/aromatic N) is 1. The molecule has 0 aliphatic carbocycles. The zero-order valence-electron chi connectivity index (χ0n) is 15.1. The van der Waals surface area contributed by atoms with Gasteiger partial charge in [-0.25, -0.2) is 8.42 Å². The number of carbonyl (C=O) groups is 1. The van der Waals surface area contributed by atoms with Crippen molar-refractivity contribution in [2.45, 2.75) is 18.2 Å². The van der Waals surface area contributed by atoms with Crippen molar-refractivity contribution in [1.29, 1.82) is 0 Å². The van der Waals surface area contributed by atoms with Gasteiger partial charge in [0.15, 0.2) is 0 Å². The number of amides is 1. The Morgan fingerprint density at radius 1 is 1.15 bits per heavy atom. The fraction of sp³-hybridized carbons (Fsp3) is 0.316. The molecule has 1 amide bonds. The number of carbonyl (C=O) groups excluding carboxylic acids is 1. The van der Waals surface area contributed by atoms with Crippen molar-refractivity contribution in [3.05, 3.63) is 59.7 Å². The number of nitrogens with two attached hydrogens (primary N) is 1. The van der Waals surface area contributed by atoms with Gasteiger partial charge in [0.25, 0.3) is 15.9 Å². The van der Waals surface area contributed by atoms with Gasteiger partial charge in [0.1, 0.15) is 0 Å². The lowest BCUT2D eigenvalue weighted by atomic mass is 10.1. The third kappa shape index (κ3) is 5.00. The van der Waals surface area contributed by atoms with E-state index in [1.165, 1.54) is 12.1 Å². The molecule has 1 unspecified atom stereocenters. The zero-order chi connectivity index (χ0) is 18.7. The first-order valence-electron chi connectivity index (χ1n) is 8.58. The van der Waals surface area contributed by atoms with Crippen molar-refractivity contribution < 1.29 is 13.2 Å². The highest BCUT2D eigenvalue weighted by Gasteiger charge is 2.26. The minimum Gasteiger partial charge on any atom is -0.338 e. The molecule has 1 atom stereocenters. The molecule has 0 spiro atoms. The quantitative estimate of drug-likeness (QED) is 0.793. The number of likely N-dealkylation sites (tertiary alicyclic amines) is 1. The van der Waals surface area contributed by atoms with Crippen molar-refractivity contribution in [2.24, 2.45) is 11.7 Å². The molecular weight excluding hydrogens is 386 g/mol. The number of rotatable bonds is 5. The van der Waals surface area contributed by atoms with Crippen molar-refractivity contribution in [1.82, 2.24) is 4.90 Å². The molecule has 0 saturated carbocycles. The number of hydrogen-bond donors (Lipinski definition) is 2. The first-order chi connectivity index (χ1) is 12.4. The molecule has 2 aromatic rings. The topological polar surface area (TPSA) is 92.5 Å². The average Bonchev–Trinajstić information content (AvgIpc) is 3.12. The Kier molecular flexibility index (Phi) is 6.86. The van der Waals surface area contributed by atoms with E-state index in [1.807, 2.05) is 19.1 Å². The van der Waals surface area contributed by atoms with Gasteiger partial charge in [0, 0.05) is 24.3 Å². The zero-order valence-corrected chi connectivity index (χ0v) is 16.7. The third-order valence-electron chi connectivity index (χ3n) is 4.62. The predicted octanol–water partition coefficient (Wildman–Crippen LogP) is 2.64. The lowest BCUT2D eigenvalue weighted by Crippen LogP contribution is -2.29. The molecule has 3 N–H and O–H groups in total. The van der Waals surface area contributed by atoms with Gasteiger partial charge in [0.2, 0.25) is 0 Å². The number of aryl methyl sites for hydroxylation is 1. The highest BCUT2D eigenvalue weighted by Crippen LogP contribution is 2.20. The summed E-state index contributed by atoms with van der Waals surface area (Å²) in [7, 11) is -3.69. The molecule has 0 radical (unpaired) electrons. The molecule has 27 heavy (non-hydrogen) atoms. The number of nitrogens with one attached hydrogen (secondary N) is 1. The van der Waals surface area contributed by atoms with E-state index in [0.29, 0.717) is 36.8 Å². The smallest absolute Gasteiger partial charge is 0.261 e. The van der Waals surface area contributed by atoms with Crippen LogP contribution in [0.15, 0.2) is 53.4 Å². The van der Waals surface area contributed by atoms with Gasteiger partial charge in [-0.2, -0.15) is 0 Å². The third-order valence-corrected chi connectivity index (χ3v) is 6.02. The molecule has 6 nitrogen and oxygen atoms in total. The summed E-state index contributed by atoms with van der Waals surface area (Å²) in [5.41, 5.74) is 7.70. The summed E-state index contributed by atoms with van der Waals surface area (Å²) in [6.45, 7) is 3.86. The summed E-state index contributed by atoms with van der Waals surface area (Å²) in [5.74, 6) is 0.258. The summed E-state index contributed by atoms with van der Waals surface area (Å²) >= 11 is 0. The highest BCUT2D eigenvalue weighted by atomic mass is 35.5. The maximum absolute atomic E-state index is 12.5. The van der Waals surface area contributed by atoms with Crippen LogP contribution in [0.3, 0.4) is 0 Å². The van der Waals surface area contributed by atoms with Crippen LogP contribution in [0.4, 0.5) is 5.69 Å². The number of sulfonamides is 1. The normalized spacial score (nSPS) is 16.7. The second-order valence-corrected chi connectivity index (χ2v) is 8.32. The molecule has 2 aromatic carbocycles. The van der Waals surface area contributed by atoms with Crippen LogP contribution < -0.4 is 10.5 Å². The summed E-state index contributed by atoms with van der Waals surface area (Å²) in [6, 6.07) is 13.1. The van der Waals surface area contributed by atoms with Crippen molar-refractivity contribution in [2.75, 3.05) is 24.4 Å². The van der Waals surface area contributed by atoms with Crippen molar-refractivity contribution in [3.8, 4) is 0 Å². The largest absolute Gasteiger partial charge is 0.338 e. The monoisotopic (exact) mass is 409 g/mol. The van der Waals surface area contributed by atoms with E-state index in [-0.39, 0.29) is 23.2 Å². The first-order valence-corrected chi connectivity index (χ1v) is 10.1. The first kappa shape index (κ1) is 21.2. The number of halogens is 1. The van der Waals surface area contributed by atoms with Crippen molar-refractivity contribution in [3.63, 3.8) is 0 Å². The summed E-state index contributed by atoms with van der Waals surface area (Å²) in [4.78, 5) is 14.4. The van der Waals surface area contributed by atoms with Gasteiger partial charge in [-0.1, -0.05) is 17.7 Å². The Hall–Kier alpha value is -2.09. The van der Waals surface area contributed by atoms with Gasteiger partial charge in [-0.3, -0.25) is 9.52 Å². The lowest BCUT2D eigenvalue weighted by Gasteiger charge is -2.16. The number of hydrogen-bond acceptors (Lipinski definition) is 4. The Labute approximate surface area is 166 Å². The van der Waals surface area contributed by atoms with Gasteiger partial charge < -0.3 is 10.6 Å². The molecule has 146 valence electrons. The fourth-order valence-corrected chi connectivity index (χ4v) is 4.06. The molecule has 0 aromatic heterocycles. The number of anilines is 1. The maximum Gasteiger partial charge on any atom is 0.261 e. The number of benzene rings is 2. The fourth-order valence-electron chi connectivity index (χ4n) is 3.00. The minimum atomic E-state index is -3.69. The van der Waals surface area contributed by atoms with Crippen LogP contribution in [-0.2, 0) is 10.0 Å². The summed E-state index contributed by atoms with van der Waals surface area (Å²) in [5, 5.41) is 0. The van der Waals surface area contributed by atoms with Gasteiger partial charge in [0.05, 0.1) is 4.90 Å². The van der Waals surface area contributed by atoms with Crippen LogP contribution in [0, 0.1) is 12.8 Å². The van der Waals surface area contributed by atoms with Gasteiger partial charge in [-0.05, 0) is 62.2 Å². The standard InChI is InChI=1S/C19H23N3O3S.ClH/c1-14-2-6-17(7-3-14)21-26(24,25)18-8-4-16(5-9-18)19(23)22-11-10-15(12-20)13-22;/h2-9,15,21H,10-13,20H2,1H3;1H. The molecule has 1 saturated heterocycles. The molecule has 1 aliphatic rings. The second-order valence-electron chi connectivity index (χ2n) is 6.64. The van der Waals surface area contributed by atoms with E-state index in [2.05, 4.69) is 4.72 Å². The van der Waals surface area contributed by atoms with E-state index in [1.54, 1.807) is 29.2 Å². The van der Waals surface area contributed by atoms with E-state index in [9.17, 15) is 13.2 Å². The SMILES string of the molecule is Cc1ccc(NS(=O)(=O)c2ccc(C(=O)N3CCC(CN)C3)cc2)cc1.Cl. The average molecular weight is 410 g/mol. The van der Waals surface area contributed by atoms with E-state index in [4.69, 9.17) is 5.73 Å².